The Morgan fingerprint density at radius 1 is 0.830 bits per heavy atom. The highest BCUT2D eigenvalue weighted by Crippen LogP contribution is 2.53. The lowest BCUT2D eigenvalue weighted by molar-refractivity contribution is -0.122. The first-order valence-corrected chi connectivity index (χ1v) is 18.6. The molecule has 53 heavy (non-hydrogen) atoms. The summed E-state index contributed by atoms with van der Waals surface area (Å²) in [4.78, 5) is 29.9. The molecule has 0 saturated carbocycles. The zero-order valence-electron chi connectivity index (χ0n) is 30.0. The maximum atomic E-state index is 14.4. The Hall–Kier alpha value is -5.44. The van der Waals surface area contributed by atoms with E-state index in [2.05, 4.69) is 37.4 Å². The Morgan fingerprint density at radius 3 is 2.21 bits per heavy atom. The van der Waals surface area contributed by atoms with Gasteiger partial charge in [0.1, 0.15) is 5.75 Å². The lowest BCUT2D eigenvalue weighted by atomic mass is 9.57. The van der Waals surface area contributed by atoms with Gasteiger partial charge >= 0.3 is 7.12 Å². The molecule has 5 aromatic carbocycles. The third kappa shape index (κ3) is 6.69. The van der Waals surface area contributed by atoms with Crippen LogP contribution in [0.5, 0.6) is 5.75 Å². The Bertz CT molecular complexity index is 2220. The van der Waals surface area contributed by atoms with Crippen molar-refractivity contribution in [3.8, 4) is 5.75 Å². The molecule has 0 radical (unpaired) electrons. The summed E-state index contributed by atoms with van der Waals surface area (Å²) < 4.78 is 6.36. The van der Waals surface area contributed by atoms with Gasteiger partial charge in [0.15, 0.2) is 0 Å². The quantitative estimate of drug-likeness (QED) is 0.0613. The summed E-state index contributed by atoms with van der Waals surface area (Å²) >= 11 is 0. The molecule has 266 valence electrons. The van der Waals surface area contributed by atoms with Crippen molar-refractivity contribution < 1.29 is 24.4 Å². The first kappa shape index (κ1) is 34.6. The van der Waals surface area contributed by atoms with E-state index in [1.54, 1.807) is 6.07 Å². The van der Waals surface area contributed by atoms with Crippen molar-refractivity contribution in [3.05, 3.63) is 144 Å². The number of rotatable bonds is 9. The van der Waals surface area contributed by atoms with Gasteiger partial charge in [-0.15, -0.1) is 0 Å². The summed E-state index contributed by atoms with van der Waals surface area (Å²) in [7, 11) is -1.05. The van der Waals surface area contributed by atoms with Crippen molar-refractivity contribution in [1.29, 1.82) is 0 Å². The SMILES string of the molecule is CC(C)C1=C2[C@@H](CC/C(=C/c3ccc(O)c4ccccc34)c3ccccc3)OB(O)C[C@@H]2[C@@H]2C(=O)N(c3ccc(Nc4ccccc4)cc3)C(=O)[C@@H]2C1. The average Bonchev–Trinajstić information content (AvgIpc) is 3.43. The van der Waals surface area contributed by atoms with E-state index in [0.717, 1.165) is 50.0 Å². The fraction of sp³-hybridized carbons (Fsp3) is 0.244. The van der Waals surface area contributed by atoms with E-state index in [1.165, 1.54) is 4.90 Å². The number of para-hydroxylation sites is 1. The second kappa shape index (κ2) is 14.5. The van der Waals surface area contributed by atoms with Crippen LogP contribution in [-0.4, -0.2) is 35.2 Å². The van der Waals surface area contributed by atoms with Crippen LogP contribution in [0.4, 0.5) is 17.1 Å². The predicted octanol–water partition coefficient (Wildman–Crippen LogP) is 9.27. The van der Waals surface area contributed by atoms with Crippen LogP contribution in [-0.2, 0) is 14.2 Å². The van der Waals surface area contributed by atoms with E-state index in [-0.39, 0.29) is 35.7 Å². The van der Waals surface area contributed by atoms with Crippen molar-refractivity contribution >= 4 is 58.4 Å². The molecule has 2 amide bonds. The summed E-state index contributed by atoms with van der Waals surface area (Å²) in [6, 6.07) is 39.0. The van der Waals surface area contributed by atoms with Crippen molar-refractivity contribution in [2.75, 3.05) is 10.2 Å². The number of hydrogen-bond donors (Lipinski definition) is 3. The molecule has 2 fully saturated rings. The molecule has 0 unspecified atom stereocenters. The molecule has 2 saturated heterocycles. The molecule has 8 rings (SSSR count). The molecule has 0 aromatic heterocycles. The number of benzene rings is 5. The molecule has 3 aliphatic rings. The largest absolute Gasteiger partial charge is 0.507 e. The Morgan fingerprint density at radius 2 is 1.49 bits per heavy atom. The first-order valence-electron chi connectivity index (χ1n) is 18.6. The van der Waals surface area contributed by atoms with Gasteiger partial charge in [0.05, 0.1) is 23.6 Å². The van der Waals surface area contributed by atoms with Gasteiger partial charge in [-0.1, -0.05) is 104 Å². The molecule has 3 N–H and O–H groups in total. The van der Waals surface area contributed by atoms with E-state index in [9.17, 15) is 19.7 Å². The molecule has 8 heteroatoms. The van der Waals surface area contributed by atoms with E-state index >= 15 is 0 Å². The highest BCUT2D eigenvalue weighted by molar-refractivity contribution is 6.43. The molecule has 4 atom stereocenters. The lowest BCUT2D eigenvalue weighted by Crippen LogP contribution is -2.46. The summed E-state index contributed by atoms with van der Waals surface area (Å²) in [6.07, 6.45) is 3.78. The molecular weight excluding hydrogens is 659 g/mol. The van der Waals surface area contributed by atoms with Gasteiger partial charge in [-0.3, -0.25) is 14.5 Å². The normalized spacial score (nSPS) is 21.7. The van der Waals surface area contributed by atoms with E-state index in [1.807, 2.05) is 103 Å². The van der Waals surface area contributed by atoms with Crippen LogP contribution in [0.1, 0.15) is 44.2 Å². The molecule has 2 aliphatic heterocycles. The van der Waals surface area contributed by atoms with Gasteiger partial charge in [0, 0.05) is 16.8 Å². The van der Waals surface area contributed by atoms with Crippen LogP contribution >= 0.6 is 0 Å². The number of phenols is 1. The summed E-state index contributed by atoms with van der Waals surface area (Å²) in [5.74, 6) is -1.33. The van der Waals surface area contributed by atoms with Crippen LogP contribution in [0.25, 0.3) is 22.4 Å². The molecule has 7 nitrogen and oxygen atoms in total. The topological polar surface area (TPSA) is 99.1 Å². The fourth-order valence-corrected chi connectivity index (χ4v) is 8.74. The molecule has 0 spiro atoms. The van der Waals surface area contributed by atoms with Gasteiger partial charge in [0.2, 0.25) is 11.8 Å². The van der Waals surface area contributed by atoms with Crippen LogP contribution in [0.15, 0.2) is 132 Å². The number of allylic oxidation sites excluding steroid dienone is 2. The first-order chi connectivity index (χ1) is 25.8. The number of nitrogens with one attached hydrogen (secondary N) is 1. The Kier molecular flexibility index (Phi) is 9.50. The number of anilines is 3. The second-order valence-corrected chi connectivity index (χ2v) is 14.7. The Balaban J connectivity index is 1.09. The average molecular weight is 703 g/mol. The molecule has 0 bridgehead atoms. The fourth-order valence-electron chi connectivity index (χ4n) is 8.74. The zero-order chi connectivity index (χ0) is 36.6. The number of aromatic hydroxyl groups is 1. The summed E-state index contributed by atoms with van der Waals surface area (Å²) in [6.45, 7) is 4.29. The van der Waals surface area contributed by atoms with E-state index in [0.29, 0.717) is 24.9 Å². The lowest BCUT2D eigenvalue weighted by Gasteiger charge is -2.44. The smallest absolute Gasteiger partial charge is 0.455 e. The number of fused-ring (bicyclic) bond motifs is 4. The van der Waals surface area contributed by atoms with Crippen LogP contribution in [0.3, 0.4) is 0 Å². The maximum absolute atomic E-state index is 14.4. The van der Waals surface area contributed by atoms with Gasteiger partial charge in [-0.05, 0) is 108 Å². The van der Waals surface area contributed by atoms with Crippen molar-refractivity contribution in [2.24, 2.45) is 23.7 Å². The molecule has 5 aromatic rings. The minimum Gasteiger partial charge on any atom is -0.507 e. The maximum Gasteiger partial charge on any atom is 0.455 e. The zero-order valence-corrected chi connectivity index (χ0v) is 30.0. The molecule has 1 aliphatic carbocycles. The highest BCUT2D eigenvalue weighted by Gasteiger charge is 2.57. The van der Waals surface area contributed by atoms with Gasteiger partial charge < -0.3 is 20.1 Å². The number of imide groups is 1. The molecule has 2 heterocycles. The van der Waals surface area contributed by atoms with Crippen LogP contribution < -0.4 is 10.2 Å². The standard InChI is InChI=1S/C45H43BN2O5/c1-28(2)37-26-38-43(45(51)48(44(38)50)34-21-19-33(20-22-34)47-32-13-7-4-8-14-32)39-27-46(52)53-41(42(37)39)24-18-30(29-11-5-3-6-12-29)25-31-17-23-40(49)36-16-10-9-15-35(31)36/h3-17,19-23,25,28,38-39,41,43,47,49,52H,18,24,26-27H2,1-2H3/b30-25-/t38-,39+,41-,43-/m1/s1. The number of amides is 2. The van der Waals surface area contributed by atoms with Crippen molar-refractivity contribution in [1.82, 2.24) is 0 Å². The third-order valence-corrected chi connectivity index (χ3v) is 11.2. The Labute approximate surface area is 310 Å². The summed E-state index contributed by atoms with van der Waals surface area (Å²) in [5, 5.41) is 26.9. The van der Waals surface area contributed by atoms with Gasteiger partial charge in [-0.2, -0.15) is 0 Å². The second-order valence-electron chi connectivity index (χ2n) is 14.7. The molecular formula is C45H43BN2O5. The number of phenolic OH excluding ortho intramolecular Hbond substituents is 1. The monoisotopic (exact) mass is 702 g/mol. The summed E-state index contributed by atoms with van der Waals surface area (Å²) in [5.41, 5.74) is 7.80. The van der Waals surface area contributed by atoms with Crippen molar-refractivity contribution in [3.63, 3.8) is 0 Å². The highest BCUT2D eigenvalue weighted by atomic mass is 16.5. The third-order valence-electron chi connectivity index (χ3n) is 11.2. The number of hydrogen-bond acceptors (Lipinski definition) is 6. The number of carbonyl (C=O) groups excluding carboxylic acids is 2. The minimum atomic E-state index is -1.05. The van der Waals surface area contributed by atoms with E-state index < -0.39 is 25.1 Å². The van der Waals surface area contributed by atoms with Gasteiger partial charge in [-0.25, -0.2) is 0 Å². The predicted molar refractivity (Wildman–Crippen MR) is 212 cm³/mol. The van der Waals surface area contributed by atoms with Crippen molar-refractivity contribution in [2.45, 2.75) is 45.5 Å². The number of nitrogens with zero attached hydrogens (tertiary/aromatic N) is 1. The van der Waals surface area contributed by atoms with Gasteiger partial charge in [0.25, 0.3) is 0 Å². The number of carbonyl (C=O) groups is 2. The van der Waals surface area contributed by atoms with Crippen LogP contribution in [0, 0.1) is 23.7 Å². The van der Waals surface area contributed by atoms with Crippen LogP contribution in [0.2, 0.25) is 6.32 Å². The van der Waals surface area contributed by atoms with E-state index in [4.69, 9.17) is 4.65 Å². The minimum absolute atomic E-state index is 0.141.